The van der Waals surface area contributed by atoms with Crippen LogP contribution in [0.25, 0.3) is 0 Å². The Morgan fingerprint density at radius 3 is 2.42 bits per heavy atom. The summed E-state index contributed by atoms with van der Waals surface area (Å²) in [6.45, 7) is 3.39. The Balaban J connectivity index is 2.52. The molecular weight excluding hydrogens is 248 g/mol. The first kappa shape index (κ1) is 14.7. The van der Waals surface area contributed by atoms with E-state index in [1.54, 1.807) is 18.2 Å². The van der Waals surface area contributed by atoms with Gasteiger partial charge in [0.25, 0.3) is 5.91 Å². The van der Waals surface area contributed by atoms with Crippen LogP contribution in [0.2, 0.25) is 0 Å². The molecular formula is C13H16N2O4. The molecule has 0 bridgehead atoms. The number of amides is 2. The van der Waals surface area contributed by atoms with E-state index >= 15 is 0 Å². The van der Waals surface area contributed by atoms with Crippen LogP contribution < -0.4 is 15.4 Å². The maximum absolute atomic E-state index is 11.8. The fraction of sp³-hybridized carbons (Fsp3) is 0.308. The highest BCUT2D eigenvalue weighted by Crippen LogP contribution is 2.13. The molecule has 1 rings (SSSR count). The molecule has 6 heteroatoms. The lowest BCUT2D eigenvalue weighted by molar-refractivity contribution is -0.131. The minimum atomic E-state index is -0.441. The zero-order chi connectivity index (χ0) is 14.3. The zero-order valence-electron chi connectivity index (χ0n) is 10.9. The van der Waals surface area contributed by atoms with Crippen molar-refractivity contribution in [3.05, 3.63) is 29.8 Å². The highest BCUT2D eigenvalue weighted by atomic mass is 16.5. The highest BCUT2D eigenvalue weighted by molar-refractivity contribution is 5.94. The second kappa shape index (κ2) is 7.15. The molecule has 0 aliphatic carbocycles. The number of carbonyl (C=O) groups excluding carboxylic acids is 3. The van der Waals surface area contributed by atoms with E-state index in [2.05, 4.69) is 10.6 Å². The van der Waals surface area contributed by atoms with Gasteiger partial charge in [-0.1, -0.05) is 6.07 Å². The Kier molecular flexibility index (Phi) is 5.53. The highest BCUT2D eigenvalue weighted by Gasteiger charge is 2.07. The van der Waals surface area contributed by atoms with E-state index in [0.717, 1.165) is 0 Å². The smallest absolute Gasteiger partial charge is 0.308 e. The molecule has 1 aromatic rings. The third kappa shape index (κ3) is 5.67. The van der Waals surface area contributed by atoms with Crippen LogP contribution in [0.4, 0.5) is 0 Å². The summed E-state index contributed by atoms with van der Waals surface area (Å²) < 4.78 is 4.89. The first-order valence-electron chi connectivity index (χ1n) is 5.80. The quantitative estimate of drug-likeness (QED) is 0.460. The summed E-state index contributed by atoms with van der Waals surface area (Å²) in [6.07, 6.45) is 0. The van der Waals surface area contributed by atoms with Gasteiger partial charge in [-0.3, -0.25) is 14.4 Å². The van der Waals surface area contributed by atoms with Crippen molar-refractivity contribution in [3.8, 4) is 5.75 Å². The van der Waals surface area contributed by atoms with Crippen molar-refractivity contribution in [2.24, 2.45) is 0 Å². The van der Waals surface area contributed by atoms with Gasteiger partial charge >= 0.3 is 5.97 Å². The average Bonchev–Trinajstić information content (AvgIpc) is 2.33. The molecule has 0 saturated heterocycles. The van der Waals surface area contributed by atoms with E-state index in [-0.39, 0.29) is 11.8 Å². The molecule has 0 radical (unpaired) electrons. The molecule has 2 amide bonds. The number of carbonyl (C=O) groups is 3. The number of rotatable bonds is 5. The molecule has 19 heavy (non-hydrogen) atoms. The maximum Gasteiger partial charge on any atom is 0.308 e. The molecule has 0 saturated carbocycles. The van der Waals surface area contributed by atoms with E-state index in [9.17, 15) is 14.4 Å². The lowest BCUT2D eigenvalue weighted by atomic mass is 10.2. The second-order valence-corrected chi connectivity index (χ2v) is 3.86. The topological polar surface area (TPSA) is 84.5 Å². The summed E-state index contributed by atoms with van der Waals surface area (Å²) in [6, 6.07) is 6.31. The number of hydrogen-bond donors (Lipinski definition) is 2. The van der Waals surface area contributed by atoms with Gasteiger partial charge in [0.05, 0.1) is 0 Å². The van der Waals surface area contributed by atoms with Gasteiger partial charge in [0.2, 0.25) is 5.91 Å². The van der Waals surface area contributed by atoms with Crippen LogP contribution in [0.15, 0.2) is 24.3 Å². The van der Waals surface area contributed by atoms with Crippen molar-refractivity contribution >= 4 is 17.8 Å². The van der Waals surface area contributed by atoms with E-state index in [4.69, 9.17) is 4.74 Å². The van der Waals surface area contributed by atoms with E-state index in [1.807, 2.05) is 0 Å². The maximum atomic E-state index is 11.8. The van der Waals surface area contributed by atoms with Gasteiger partial charge in [-0.2, -0.15) is 0 Å². The number of benzene rings is 1. The predicted molar refractivity (Wildman–Crippen MR) is 68.8 cm³/mol. The lowest BCUT2D eigenvalue weighted by Gasteiger charge is -2.07. The van der Waals surface area contributed by atoms with E-state index < -0.39 is 5.97 Å². The number of nitrogens with one attached hydrogen (secondary N) is 2. The molecule has 0 spiro atoms. The Bertz CT molecular complexity index is 485. The molecule has 6 nitrogen and oxygen atoms in total. The van der Waals surface area contributed by atoms with Gasteiger partial charge in [-0.25, -0.2) is 0 Å². The predicted octanol–water partition coefficient (Wildman–Crippen LogP) is 0.478. The van der Waals surface area contributed by atoms with Crippen LogP contribution in [0.3, 0.4) is 0 Å². The monoisotopic (exact) mass is 264 g/mol. The first-order chi connectivity index (χ1) is 8.99. The van der Waals surface area contributed by atoms with Crippen LogP contribution in [0, 0.1) is 0 Å². The summed E-state index contributed by atoms with van der Waals surface area (Å²) in [5.74, 6) is -0.560. The molecule has 2 N–H and O–H groups in total. The van der Waals surface area contributed by atoms with E-state index in [1.165, 1.54) is 19.9 Å². The zero-order valence-corrected chi connectivity index (χ0v) is 10.9. The summed E-state index contributed by atoms with van der Waals surface area (Å²) in [4.78, 5) is 33.2. The van der Waals surface area contributed by atoms with Gasteiger partial charge in [0, 0.05) is 32.5 Å². The van der Waals surface area contributed by atoms with Crippen molar-refractivity contribution in [1.82, 2.24) is 10.6 Å². The van der Waals surface area contributed by atoms with Crippen LogP contribution in [0.1, 0.15) is 24.2 Å². The SMILES string of the molecule is CC(=O)NCCNC(=O)c1cccc(OC(C)=O)c1. The van der Waals surface area contributed by atoms with Gasteiger partial charge in [-0.05, 0) is 18.2 Å². The van der Waals surface area contributed by atoms with Crippen molar-refractivity contribution in [1.29, 1.82) is 0 Å². The third-order valence-corrected chi connectivity index (χ3v) is 2.14. The van der Waals surface area contributed by atoms with Crippen LogP contribution in [-0.4, -0.2) is 30.9 Å². The van der Waals surface area contributed by atoms with Gasteiger partial charge < -0.3 is 15.4 Å². The standard InChI is InChI=1S/C13H16N2O4/c1-9(16)14-6-7-15-13(18)11-4-3-5-12(8-11)19-10(2)17/h3-5,8H,6-7H2,1-2H3,(H,14,16)(H,15,18). The Morgan fingerprint density at radius 2 is 1.79 bits per heavy atom. The minimum Gasteiger partial charge on any atom is -0.427 e. The largest absolute Gasteiger partial charge is 0.427 e. The molecule has 1 aromatic carbocycles. The number of esters is 1. The Labute approximate surface area is 111 Å². The van der Waals surface area contributed by atoms with Crippen molar-refractivity contribution < 1.29 is 19.1 Å². The van der Waals surface area contributed by atoms with Gasteiger partial charge in [0.15, 0.2) is 0 Å². The molecule has 0 heterocycles. The van der Waals surface area contributed by atoms with Crippen LogP contribution >= 0.6 is 0 Å². The summed E-state index contributed by atoms with van der Waals surface area (Å²) in [7, 11) is 0. The van der Waals surface area contributed by atoms with E-state index in [0.29, 0.717) is 24.4 Å². The molecule has 102 valence electrons. The fourth-order valence-electron chi connectivity index (χ4n) is 1.38. The Morgan fingerprint density at radius 1 is 1.11 bits per heavy atom. The summed E-state index contributed by atoms with van der Waals surface area (Å²) in [5.41, 5.74) is 0.390. The molecule has 0 aromatic heterocycles. The van der Waals surface area contributed by atoms with Crippen molar-refractivity contribution in [3.63, 3.8) is 0 Å². The number of hydrogen-bond acceptors (Lipinski definition) is 4. The molecule has 0 fully saturated rings. The second-order valence-electron chi connectivity index (χ2n) is 3.86. The molecule has 0 unspecified atom stereocenters. The van der Waals surface area contributed by atoms with Gasteiger partial charge in [-0.15, -0.1) is 0 Å². The summed E-state index contributed by atoms with van der Waals surface area (Å²) >= 11 is 0. The van der Waals surface area contributed by atoms with Crippen LogP contribution in [-0.2, 0) is 9.59 Å². The van der Waals surface area contributed by atoms with Gasteiger partial charge in [0.1, 0.15) is 5.75 Å². The van der Waals surface area contributed by atoms with Crippen LogP contribution in [0.5, 0.6) is 5.75 Å². The fourth-order valence-corrected chi connectivity index (χ4v) is 1.38. The lowest BCUT2D eigenvalue weighted by Crippen LogP contribution is -2.33. The summed E-state index contributed by atoms with van der Waals surface area (Å²) in [5, 5.41) is 5.21. The minimum absolute atomic E-state index is 0.147. The molecule has 0 aliphatic rings. The molecule has 0 atom stereocenters. The average molecular weight is 264 g/mol. The molecule has 0 aliphatic heterocycles. The van der Waals surface area contributed by atoms with Crippen molar-refractivity contribution in [2.75, 3.05) is 13.1 Å². The first-order valence-corrected chi connectivity index (χ1v) is 5.80. The number of ether oxygens (including phenoxy) is 1. The van der Waals surface area contributed by atoms with Crippen molar-refractivity contribution in [2.45, 2.75) is 13.8 Å². The third-order valence-electron chi connectivity index (χ3n) is 2.14. The Hall–Kier alpha value is -2.37. The normalized spacial score (nSPS) is 9.58.